The molecule has 0 spiro atoms. The van der Waals surface area contributed by atoms with Gasteiger partial charge in [0.2, 0.25) is 5.91 Å². The van der Waals surface area contributed by atoms with Crippen LogP contribution in [0.1, 0.15) is 24.9 Å². The van der Waals surface area contributed by atoms with Crippen LogP contribution < -0.4 is 5.32 Å². The van der Waals surface area contributed by atoms with Gasteiger partial charge in [-0.25, -0.2) is 0 Å². The molecule has 2 aromatic rings. The lowest BCUT2D eigenvalue weighted by atomic mass is 10.1. The van der Waals surface area contributed by atoms with Gasteiger partial charge in [-0.2, -0.15) is 0 Å². The van der Waals surface area contributed by atoms with Crippen LogP contribution in [0.15, 0.2) is 42.5 Å². The van der Waals surface area contributed by atoms with E-state index in [0.29, 0.717) is 28.7 Å². The molecule has 1 fully saturated rings. The Kier molecular flexibility index (Phi) is 7.61. The molecule has 0 bridgehead atoms. The normalized spacial score (nSPS) is 16.7. The van der Waals surface area contributed by atoms with Crippen molar-refractivity contribution in [2.75, 3.05) is 38.0 Å². The van der Waals surface area contributed by atoms with Crippen molar-refractivity contribution in [3.05, 3.63) is 63.1 Å². The van der Waals surface area contributed by atoms with Gasteiger partial charge in [-0.15, -0.1) is 0 Å². The zero-order chi connectivity index (χ0) is 20.1. The monoisotopic (exact) mass is 439 g/mol. The summed E-state index contributed by atoms with van der Waals surface area (Å²) in [6.45, 7) is 6.65. The summed E-state index contributed by atoms with van der Waals surface area (Å²) in [4.78, 5) is 17.0. The standard InChI is InChI=1S/C21H24Cl3N3O/c1-15(16-5-2-3-6-17(16)22)27-13-11-26(12-14-27)10-9-20(28)25-21-18(23)7-4-8-19(21)24/h2-8,15H,9-14H2,1H3,(H,25,28). The summed E-state index contributed by atoms with van der Waals surface area (Å²) in [7, 11) is 0. The molecule has 0 aliphatic carbocycles. The summed E-state index contributed by atoms with van der Waals surface area (Å²) >= 11 is 18.6. The van der Waals surface area contributed by atoms with Crippen LogP contribution in [-0.4, -0.2) is 48.4 Å². The number of carbonyl (C=O) groups is 1. The topological polar surface area (TPSA) is 35.6 Å². The molecule has 0 aromatic heterocycles. The van der Waals surface area contributed by atoms with E-state index in [4.69, 9.17) is 34.8 Å². The molecule has 1 N–H and O–H groups in total. The summed E-state index contributed by atoms with van der Waals surface area (Å²) in [5, 5.41) is 4.53. The smallest absolute Gasteiger partial charge is 0.225 e. The number of anilines is 1. The zero-order valence-corrected chi connectivity index (χ0v) is 18.1. The maximum absolute atomic E-state index is 12.3. The first-order chi connectivity index (χ1) is 13.5. The molecule has 28 heavy (non-hydrogen) atoms. The van der Waals surface area contributed by atoms with Crippen LogP contribution >= 0.6 is 34.8 Å². The van der Waals surface area contributed by atoms with Gasteiger partial charge in [-0.1, -0.05) is 59.1 Å². The van der Waals surface area contributed by atoms with Gasteiger partial charge in [-0.3, -0.25) is 9.69 Å². The second kappa shape index (κ2) is 9.95. The lowest BCUT2D eigenvalue weighted by Crippen LogP contribution is -2.47. The summed E-state index contributed by atoms with van der Waals surface area (Å²) in [5.41, 5.74) is 1.64. The number of carbonyl (C=O) groups excluding carboxylic acids is 1. The number of rotatable bonds is 6. The fraction of sp³-hybridized carbons (Fsp3) is 0.381. The molecule has 4 nitrogen and oxygen atoms in total. The Hall–Kier alpha value is -1.30. The molecule has 0 saturated carbocycles. The lowest BCUT2D eigenvalue weighted by Gasteiger charge is -2.38. The molecule has 7 heteroatoms. The molecule has 150 valence electrons. The lowest BCUT2D eigenvalue weighted by molar-refractivity contribution is -0.116. The Bertz CT molecular complexity index is 802. The Labute approximate surface area is 181 Å². The van der Waals surface area contributed by atoms with Crippen molar-refractivity contribution in [2.24, 2.45) is 0 Å². The van der Waals surface area contributed by atoms with Crippen molar-refractivity contribution in [2.45, 2.75) is 19.4 Å². The van der Waals surface area contributed by atoms with Gasteiger partial charge in [0.15, 0.2) is 0 Å². The van der Waals surface area contributed by atoms with Crippen LogP contribution in [0.4, 0.5) is 5.69 Å². The van der Waals surface area contributed by atoms with Gasteiger partial charge in [0.05, 0.1) is 15.7 Å². The first kappa shape index (κ1) is 21.4. The van der Waals surface area contributed by atoms with Gasteiger partial charge in [-0.05, 0) is 30.7 Å². The molecular weight excluding hydrogens is 417 g/mol. The number of benzene rings is 2. The highest BCUT2D eigenvalue weighted by atomic mass is 35.5. The Morgan fingerprint density at radius 2 is 1.57 bits per heavy atom. The van der Waals surface area contributed by atoms with E-state index in [1.165, 1.54) is 0 Å². The fourth-order valence-electron chi connectivity index (χ4n) is 3.46. The molecule has 0 radical (unpaired) electrons. The predicted octanol–water partition coefficient (Wildman–Crippen LogP) is 5.35. The molecular formula is C21H24Cl3N3O. The number of halogens is 3. The zero-order valence-electron chi connectivity index (χ0n) is 15.8. The largest absolute Gasteiger partial charge is 0.324 e. The molecule has 1 amide bonds. The maximum atomic E-state index is 12.3. The number of para-hydroxylation sites is 1. The van der Waals surface area contributed by atoms with E-state index >= 15 is 0 Å². The van der Waals surface area contributed by atoms with E-state index < -0.39 is 0 Å². The highest BCUT2D eigenvalue weighted by Gasteiger charge is 2.23. The van der Waals surface area contributed by atoms with Crippen molar-refractivity contribution in [1.82, 2.24) is 9.80 Å². The maximum Gasteiger partial charge on any atom is 0.225 e. The molecule has 1 unspecified atom stereocenters. The Morgan fingerprint density at radius 3 is 2.21 bits per heavy atom. The van der Waals surface area contributed by atoms with Crippen molar-refractivity contribution in [3.8, 4) is 0 Å². The van der Waals surface area contributed by atoms with Crippen LogP contribution in [0.25, 0.3) is 0 Å². The van der Waals surface area contributed by atoms with Gasteiger partial charge in [0.1, 0.15) is 0 Å². The van der Waals surface area contributed by atoms with Crippen LogP contribution in [0.3, 0.4) is 0 Å². The first-order valence-electron chi connectivity index (χ1n) is 9.40. The average molecular weight is 441 g/mol. The minimum atomic E-state index is -0.0816. The van der Waals surface area contributed by atoms with Gasteiger partial charge in [0.25, 0.3) is 0 Å². The first-order valence-corrected chi connectivity index (χ1v) is 10.5. The highest BCUT2D eigenvalue weighted by Crippen LogP contribution is 2.30. The van der Waals surface area contributed by atoms with Crippen LogP contribution in [0, 0.1) is 0 Å². The third-order valence-corrected chi connectivity index (χ3v) is 6.17. The van der Waals surface area contributed by atoms with Gasteiger partial charge in [0, 0.05) is 50.2 Å². The second-order valence-electron chi connectivity index (χ2n) is 6.97. The molecule has 1 atom stereocenters. The third-order valence-electron chi connectivity index (χ3n) is 5.19. The van der Waals surface area contributed by atoms with Crippen molar-refractivity contribution >= 4 is 46.4 Å². The highest BCUT2D eigenvalue weighted by molar-refractivity contribution is 6.39. The minimum absolute atomic E-state index is 0.0816. The third kappa shape index (κ3) is 5.40. The average Bonchev–Trinajstić information content (AvgIpc) is 2.69. The number of nitrogens with zero attached hydrogens (tertiary/aromatic N) is 2. The van der Waals surface area contributed by atoms with Crippen molar-refractivity contribution < 1.29 is 4.79 Å². The molecule has 1 aliphatic heterocycles. The molecule has 1 saturated heterocycles. The molecule has 2 aromatic carbocycles. The van der Waals surface area contributed by atoms with E-state index in [1.54, 1.807) is 18.2 Å². The predicted molar refractivity (Wildman–Crippen MR) is 118 cm³/mol. The number of nitrogens with one attached hydrogen (secondary N) is 1. The Balaban J connectivity index is 1.46. The van der Waals surface area contributed by atoms with E-state index in [1.807, 2.05) is 18.2 Å². The van der Waals surface area contributed by atoms with E-state index in [0.717, 1.165) is 36.8 Å². The number of amides is 1. The fourth-order valence-corrected chi connectivity index (χ4v) is 4.25. The van der Waals surface area contributed by atoms with Crippen LogP contribution in [0.5, 0.6) is 0 Å². The second-order valence-corrected chi connectivity index (χ2v) is 8.19. The van der Waals surface area contributed by atoms with Crippen molar-refractivity contribution in [3.63, 3.8) is 0 Å². The van der Waals surface area contributed by atoms with E-state index in [2.05, 4.69) is 28.1 Å². The van der Waals surface area contributed by atoms with Crippen molar-refractivity contribution in [1.29, 1.82) is 0 Å². The minimum Gasteiger partial charge on any atom is -0.324 e. The van der Waals surface area contributed by atoms with Gasteiger partial charge >= 0.3 is 0 Å². The van der Waals surface area contributed by atoms with E-state index in [9.17, 15) is 4.79 Å². The summed E-state index contributed by atoms with van der Waals surface area (Å²) in [6, 6.07) is 13.5. The SMILES string of the molecule is CC(c1ccccc1Cl)N1CCN(CCC(=O)Nc2c(Cl)cccc2Cl)CC1. The summed E-state index contributed by atoms with van der Waals surface area (Å²) in [6.07, 6.45) is 0.404. The van der Waals surface area contributed by atoms with Gasteiger partial charge < -0.3 is 10.2 Å². The van der Waals surface area contributed by atoms with E-state index in [-0.39, 0.29) is 11.9 Å². The van der Waals surface area contributed by atoms with Crippen LogP contribution in [-0.2, 0) is 4.79 Å². The molecule has 1 heterocycles. The molecule has 1 aliphatic rings. The summed E-state index contributed by atoms with van der Waals surface area (Å²) in [5.74, 6) is -0.0816. The summed E-state index contributed by atoms with van der Waals surface area (Å²) < 4.78 is 0. The quantitative estimate of drug-likeness (QED) is 0.657. The number of hydrogen-bond donors (Lipinski definition) is 1. The number of hydrogen-bond acceptors (Lipinski definition) is 3. The Morgan fingerprint density at radius 1 is 0.964 bits per heavy atom. The number of piperazine rings is 1. The van der Waals surface area contributed by atoms with Crippen LogP contribution in [0.2, 0.25) is 15.1 Å². The molecule has 3 rings (SSSR count).